The molecule has 0 radical (unpaired) electrons. The maximum atomic E-state index is 11.8. The van der Waals surface area contributed by atoms with Gasteiger partial charge in [0.25, 0.3) is 0 Å². The number of nitrogens with one attached hydrogen (secondary N) is 2. The second-order valence-corrected chi connectivity index (χ2v) is 6.07. The van der Waals surface area contributed by atoms with Crippen LogP contribution in [0.4, 0.5) is 0 Å². The number of H-pyrrole nitrogens is 1. The van der Waals surface area contributed by atoms with Crippen LogP contribution in [0, 0.1) is 6.92 Å². The van der Waals surface area contributed by atoms with Crippen LogP contribution in [-0.4, -0.2) is 40.7 Å². The molecule has 0 aliphatic heterocycles. The monoisotopic (exact) mass is 335 g/mol. The van der Waals surface area contributed by atoms with Crippen LogP contribution < -0.4 is 5.32 Å². The molecule has 0 aliphatic rings. The van der Waals surface area contributed by atoms with E-state index in [4.69, 9.17) is 4.74 Å². The Hall–Kier alpha value is -2.02. The molecule has 0 aliphatic carbocycles. The van der Waals surface area contributed by atoms with Gasteiger partial charge in [-0.05, 0) is 38.0 Å². The fourth-order valence-corrected chi connectivity index (χ4v) is 2.76. The van der Waals surface area contributed by atoms with Gasteiger partial charge < -0.3 is 15.0 Å². The third kappa shape index (κ3) is 5.59. The van der Waals surface area contributed by atoms with Gasteiger partial charge in [0.15, 0.2) is 5.16 Å². The molecule has 124 valence electrons. The highest BCUT2D eigenvalue weighted by Gasteiger charge is 2.07. The summed E-state index contributed by atoms with van der Waals surface area (Å²) in [5, 5.41) is 3.51. The largest absolute Gasteiger partial charge is 0.466 e. The predicted octanol–water partition coefficient (Wildman–Crippen LogP) is 2.42. The average molecular weight is 335 g/mol. The summed E-state index contributed by atoms with van der Waals surface area (Å²) in [7, 11) is 0. The van der Waals surface area contributed by atoms with Crippen molar-refractivity contribution in [2.45, 2.75) is 31.8 Å². The summed E-state index contributed by atoms with van der Waals surface area (Å²) in [6.45, 7) is 4.66. The van der Waals surface area contributed by atoms with Gasteiger partial charge in [0.05, 0.1) is 23.4 Å². The Morgan fingerprint density at radius 3 is 3.00 bits per heavy atom. The van der Waals surface area contributed by atoms with Gasteiger partial charge in [0.1, 0.15) is 0 Å². The van der Waals surface area contributed by atoms with Gasteiger partial charge in [-0.15, -0.1) is 0 Å². The summed E-state index contributed by atoms with van der Waals surface area (Å²) in [6.07, 6.45) is 0.906. The van der Waals surface area contributed by atoms with Crippen molar-refractivity contribution >= 4 is 34.7 Å². The fourth-order valence-electron chi connectivity index (χ4n) is 2.05. The highest BCUT2D eigenvalue weighted by molar-refractivity contribution is 7.99. The number of amides is 1. The van der Waals surface area contributed by atoms with Crippen LogP contribution in [0.3, 0.4) is 0 Å². The first-order chi connectivity index (χ1) is 11.1. The number of aryl methyl sites for hydroxylation is 1. The lowest BCUT2D eigenvalue weighted by Gasteiger charge is -2.04. The Kier molecular flexibility index (Phi) is 6.46. The molecule has 23 heavy (non-hydrogen) atoms. The second kappa shape index (κ2) is 8.57. The Morgan fingerprint density at radius 1 is 1.39 bits per heavy atom. The topological polar surface area (TPSA) is 84.1 Å². The van der Waals surface area contributed by atoms with Gasteiger partial charge in [-0.25, -0.2) is 4.98 Å². The van der Waals surface area contributed by atoms with Crippen molar-refractivity contribution in [3.8, 4) is 0 Å². The summed E-state index contributed by atoms with van der Waals surface area (Å²) in [4.78, 5) is 30.6. The molecule has 1 amide bonds. The van der Waals surface area contributed by atoms with Crippen molar-refractivity contribution < 1.29 is 14.3 Å². The summed E-state index contributed by atoms with van der Waals surface area (Å²) in [5.74, 6) is -0.0118. The Balaban J connectivity index is 1.70. The average Bonchev–Trinajstić information content (AvgIpc) is 2.92. The zero-order chi connectivity index (χ0) is 16.7. The first-order valence-corrected chi connectivity index (χ1v) is 8.58. The number of thioether (sulfide) groups is 1. The van der Waals surface area contributed by atoms with Crippen LogP contribution in [0.5, 0.6) is 0 Å². The van der Waals surface area contributed by atoms with E-state index in [1.165, 1.54) is 11.8 Å². The first-order valence-electron chi connectivity index (χ1n) is 7.60. The van der Waals surface area contributed by atoms with E-state index in [0.29, 0.717) is 26.0 Å². The maximum absolute atomic E-state index is 11.8. The molecule has 1 aromatic heterocycles. The van der Waals surface area contributed by atoms with Crippen molar-refractivity contribution in [1.29, 1.82) is 0 Å². The normalized spacial score (nSPS) is 10.7. The van der Waals surface area contributed by atoms with E-state index in [1.807, 2.05) is 25.1 Å². The number of rotatable bonds is 8. The number of esters is 1. The van der Waals surface area contributed by atoms with Gasteiger partial charge in [0, 0.05) is 13.0 Å². The molecular weight excluding hydrogens is 314 g/mol. The molecule has 0 spiro atoms. The molecule has 2 N–H and O–H groups in total. The molecule has 0 saturated heterocycles. The maximum Gasteiger partial charge on any atom is 0.305 e. The van der Waals surface area contributed by atoms with Gasteiger partial charge in [0.2, 0.25) is 5.91 Å². The van der Waals surface area contributed by atoms with Crippen molar-refractivity contribution in [2.75, 3.05) is 18.9 Å². The molecule has 0 atom stereocenters. The van der Waals surface area contributed by atoms with Crippen LogP contribution in [0.25, 0.3) is 11.0 Å². The minimum Gasteiger partial charge on any atom is -0.466 e. The van der Waals surface area contributed by atoms with Gasteiger partial charge in [-0.1, -0.05) is 17.8 Å². The van der Waals surface area contributed by atoms with Crippen LogP contribution in [0.2, 0.25) is 0 Å². The van der Waals surface area contributed by atoms with E-state index in [1.54, 1.807) is 6.92 Å². The number of nitrogens with zero attached hydrogens (tertiary/aromatic N) is 1. The standard InChI is InChI=1S/C16H21N3O3S/c1-3-22-15(21)5-4-8-17-14(20)10-23-16-18-12-7-6-11(2)9-13(12)19-16/h6-7,9H,3-5,8,10H2,1-2H3,(H,17,20)(H,18,19). The molecule has 0 fully saturated rings. The smallest absolute Gasteiger partial charge is 0.305 e. The van der Waals surface area contributed by atoms with Crippen molar-refractivity contribution in [2.24, 2.45) is 0 Å². The Morgan fingerprint density at radius 2 is 2.22 bits per heavy atom. The van der Waals surface area contributed by atoms with E-state index in [0.717, 1.165) is 21.8 Å². The number of carbonyl (C=O) groups excluding carboxylic acids is 2. The number of carbonyl (C=O) groups is 2. The van der Waals surface area contributed by atoms with E-state index in [2.05, 4.69) is 15.3 Å². The Labute approximate surface area is 139 Å². The zero-order valence-corrected chi connectivity index (χ0v) is 14.2. The van der Waals surface area contributed by atoms with Crippen LogP contribution in [0.15, 0.2) is 23.4 Å². The molecule has 2 aromatic rings. The van der Waals surface area contributed by atoms with Gasteiger partial charge in [-0.2, -0.15) is 0 Å². The molecule has 1 heterocycles. The van der Waals surface area contributed by atoms with Gasteiger partial charge in [-0.3, -0.25) is 9.59 Å². The predicted molar refractivity (Wildman–Crippen MR) is 90.4 cm³/mol. The van der Waals surface area contributed by atoms with Crippen LogP contribution in [0.1, 0.15) is 25.3 Å². The summed E-state index contributed by atoms with van der Waals surface area (Å²) >= 11 is 1.36. The van der Waals surface area contributed by atoms with Crippen molar-refractivity contribution in [3.63, 3.8) is 0 Å². The van der Waals surface area contributed by atoms with Crippen molar-refractivity contribution in [3.05, 3.63) is 23.8 Å². The van der Waals surface area contributed by atoms with E-state index < -0.39 is 0 Å². The second-order valence-electron chi connectivity index (χ2n) is 5.11. The number of hydrogen-bond donors (Lipinski definition) is 2. The van der Waals surface area contributed by atoms with Crippen LogP contribution in [-0.2, 0) is 14.3 Å². The molecule has 7 heteroatoms. The molecular formula is C16H21N3O3S. The fraction of sp³-hybridized carbons (Fsp3) is 0.438. The van der Waals surface area contributed by atoms with Crippen molar-refractivity contribution in [1.82, 2.24) is 15.3 Å². The summed E-state index contributed by atoms with van der Waals surface area (Å²) < 4.78 is 4.82. The lowest BCUT2D eigenvalue weighted by atomic mass is 10.2. The highest BCUT2D eigenvalue weighted by Crippen LogP contribution is 2.20. The molecule has 6 nitrogen and oxygen atoms in total. The van der Waals surface area contributed by atoms with E-state index in [9.17, 15) is 9.59 Å². The van der Waals surface area contributed by atoms with Gasteiger partial charge >= 0.3 is 5.97 Å². The SMILES string of the molecule is CCOC(=O)CCCNC(=O)CSc1nc2ccc(C)cc2[nH]1. The van der Waals surface area contributed by atoms with E-state index in [-0.39, 0.29) is 17.6 Å². The number of imidazole rings is 1. The Bertz CT molecular complexity index is 684. The quantitative estimate of drug-likeness (QED) is 0.440. The summed E-state index contributed by atoms with van der Waals surface area (Å²) in [6, 6.07) is 6.00. The minimum absolute atomic E-state index is 0.0736. The van der Waals surface area contributed by atoms with Crippen LogP contribution >= 0.6 is 11.8 Å². The number of ether oxygens (including phenoxy) is 1. The number of fused-ring (bicyclic) bond motifs is 1. The first kappa shape index (κ1) is 17.3. The molecule has 1 aromatic carbocycles. The molecule has 0 saturated carbocycles. The number of hydrogen-bond acceptors (Lipinski definition) is 5. The highest BCUT2D eigenvalue weighted by atomic mass is 32.2. The summed E-state index contributed by atoms with van der Waals surface area (Å²) in [5.41, 5.74) is 3.03. The third-order valence-corrected chi connectivity index (χ3v) is 4.01. The number of benzene rings is 1. The lowest BCUT2D eigenvalue weighted by Crippen LogP contribution is -2.26. The lowest BCUT2D eigenvalue weighted by molar-refractivity contribution is -0.143. The molecule has 2 rings (SSSR count). The molecule has 0 unspecified atom stereocenters. The third-order valence-electron chi connectivity index (χ3n) is 3.14. The zero-order valence-electron chi connectivity index (χ0n) is 13.3. The minimum atomic E-state index is -0.228. The molecule has 0 bridgehead atoms. The van der Waals surface area contributed by atoms with E-state index >= 15 is 0 Å². The number of aromatic amines is 1. The number of aromatic nitrogens is 2.